The number of hydrogen-bond donors (Lipinski definition) is 0. The second-order valence-corrected chi connectivity index (χ2v) is 7.18. The number of methoxy groups -OCH3 is 1. The number of nitrogens with zero attached hydrogens (tertiary/aromatic N) is 4. The third kappa shape index (κ3) is 5.36. The molecule has 146 valence electrons. The summed E-state index contributed by atoms with van der Waals surface area (Å²) in [6.45, 7) is 4.81. The molecule has 1 heterocycles. The molecule has 0 aliphatic carbocycles. The lowest BCUT2D eigenvalue weighted by Gasteiger charge is -2.10. The van der Waals surface area contributed by atoms with Crippen LogP contribution in [-0.2, 0) is 5.75 Å². The summed E-state index contributed by atoms with van der Waals surface area (Å²) in [6, 6.07) is 14.2. The molecule has 7 heteroatoms. The van der Waals surface area contributed by atoms with Crippen molar-refractivity contribution < 1.29 is 9.47 Å². The highest BCUT2D eigenvalue weighted by Gasteiger charge is 2.07. The number of aryl methyl sites for hydroxylation is 1. The highest BCUT2D eigenvalue weighted by Crippen LogP contribution is 2.28. The topological polar surface area (TPSA) is 61.5 Å². The van der Waals surface area contributed by atoms with Crippen LogP contribution in [0, 0.1) is 6.92 Å². The van der Waals surface area contributed by atoms with Crippen LogP contribution < -0.4 is 9.47 Å². The molecule has 0 aliphatic rings. The van der Waals surface area contributed by atoms with Gasteiger partial charge in [-0.15, -0.1) is 10.2 Å². The van der Waals surface area contributed by atoms with Crippen LogP contribution >= 0.6 is 11.8 Å². The molecule has 1 aromatic heterocycles. The van der Waals surface area contributed by atoms with Gasteiger partial charge in [-0.3, -0.25) is 0 Å². The molecule has 0 radical (unpaired) electrons. The second-order valence-electron chi connectivity index (χ2n) is 6.24. The summed E-state index contributed by atoms with van der Waals surface area (Å²) >= 11 is 1.60. The van der Waals surface area contributed by atoms with Crippen molar-refractivity contribution in [2.45, 2.75) is 31.2 Å². The summed E-state index contributed by atoms with van der Waals surface area (Å²) in [5.74, 6) is 2.24. The molecule has 0 spiro atoms. The molecule has 2 aromatic carbocycles. The van der Waals surface area contributed by atoms with Gasteiger partial charge in [0.25, 0.3) is 0 Å². The van der Waals surface area contributed by atoms with Gasteiger partial charge in [0.1, 0.15) is 6.33 Å². The van der Waals surface area contributed by atoms with E-state index in [1.807, 2.05) is 18.2 Å². The number of thioether (sulfide) groups is 1. The van der Waals surface area contributed by atoms with Crippen molar-refractivity contribution in [3.05, 3.63) is 65.5 Å². The molecule has 0 amide bonds. The Balaban J connectivity index is 1.67. The molecule has 0 saturated carbocycles. The Hall–Kier alpha value is -2.80. The van der Waals surface area contributed by atoms with Crippen LogP contribution in [-0.4, -0.2) is 34.8 Å². The van der Waals surface area contributed by atoms with Crippen LogP contribution in [0.2, 0.25) is 0 Å². The summed E-state index contributed by atoms with van der Waals surface area (Å²) in [4.78, 5) is 0. The Labute approximate surface area is 169 Å². The molecule has 0 aliphatic heterocycles. The van der Waals surface area contributed by atoms with E-state index in [-0.39, 0.29) is 0 Å². The normalized spacial score (nSPS) is 11.1. The van der Waals surface area contributed by atoms with Gasteiger partial charge in [0.05, 0.1) is 19.9 Å². The first kappa shape index (κ1) is 19.9. The van der Waals surface area contributed by atoms with Gasteiger partial charge < -0.3 is 9.47 Å². The lowest BCUT2D eigenvalue weighted by Crippen LogP contribution is -1.99. The summed E-state index contributed by atoms with van der Waals surface area (Å²) in [7, 11) is 1.63. The van der Waals surface area contributed by atoms with Crippen molar-refractivity contribution in [1.82, 2.24) is 14.9 Å². The summed E-state index contributed by atoms with van der Waals surface area (Å²) in [5, 5.41) is 13.4. The predicted molar refractivity (Wildman–Crippen MR) is 113 cm³/mol. The quantitative estimate of drug-likeness (QED) is 0.392. The van der Waals surface area contributed by atoms with Crippen molar-refractivity contribution in [3.8, 4) is 11.5 Å². The second kappa shape index (κ2) is 9.94. The lowest BCUT2D eigenvalue weighted by molar-refractivity contribution is 0.294. The van der Waals surface area contributed by atoms with Crippen LogP contribution in [0.25, 0.3) is 0 Å². The zero-order chi connectivity index (χ0) is 19.8. The molecule has 3 aromatic rings. The average Bonchev–Trinajstić information content (AvgIpc) is 3.18. The van der Waals surface area contributed by atoms with Gasteiger partial charge in [-0.25, -0.2) is 0 Å². The highest BCUT2D eigenvalue weighted by atomic mass is 32.2. The van der Waals surface area contributed by atoms with Crippen molar-refractivity contribution in [2.75, 3.05) is 13.7 Å². The fraction of sp³-hybridized carbons (Fsp3) is 0.286. The number of hydrogen-bond acceptors (Lipinski definition) is 6. The maximum absolute atomic E-state index is 5.68. The zero-order valence-corrected chi connectivity index (χ0v) is 17.1. The minimum Gasteiger partial charge on any atom is -0.493 e. The highest BCUT2D eigenvalue weighted by molar-refractivity contribution is 7.98. The van der Waals surface area contributed by atoms with Gasteiger partial charge in [0, 0.05) is 5.75 Å². The monoisotopic (exact) mass is 396 g/mol. The van der Waals surface area contributed by atoms with Crippen LogP contribution in [0.3, 0.4) is 0 Å². The van der Waals surface area contributed by atoms with E-state index in [0.29, 0.717) is 12.4 Å². The number of rotatable bonds is 9. The maximum Gasteiger partial charge on any atom is 0.212 e. The molecule has 6 nitrogen and oxygen atoms in total. The van der Waals surface area contributed by atoms with E-state index in [4.69, 9.17) is 9.47 Å². The van der Waals surface area contributed by atoms with Crippen LogP contribution in [0.4, 0.5) is 0 Å². The molecule has 0 atom stereocenters. The standard InChI is InChI=1S/C21H24N4O2S/c1-4-11-27-19-10-9-18(12-20(19)26-3)13-23-25-15-22-24-21(25)28-14-17-7-5-16(2)6-8-17/h5-10,12-13,15H,4,11,14H2,1-3H3/b23-13+. The molecular weight excluding hydrogens is 372 g/mol. The zero-order valence-electron chi connectivity index (χ0n) is 16.3. The minimum atomic E-state index is 0.659. The van der Waals surface area contributed by atoms with Crippen molar-refractivity contribution in [2.24, 2.45) is 5.10 Å². The number of ether oxygens (including phenoxy) is 2. The predicted octanol–water partition coefficient (Wildman–Crippen LogP) is 4.56. The van der Waals surface area contributed by atoms with Gasteiger partial charge in [-0.05, 0) is 42.7 Å². The van der Waals surface area contributed by atoms with Gasteiger partial charge >= 0.3 is 0 Å². The third-order valence-corrected chi connectivity index (χ3v) is 4.97. The number of aromatic nitrogens is 3. The number of benzene rings is 2. The van der Waals surface area contributed by atoms with E-state index >= 15 is 0 Å². The molecule has 0 bridgehead atoms. The van der Waals surface area contributed by atoms with Gasteiger partial charge in [-0.2, -0.15) is 9.78 Å². The van der Waals surface area contributed by atoms with E-state index in [1.54, 1.807) is 36.1 Å². The fourth-order valence-electron chi connectivity index (χ4n) is 2.45. The first-order valence-corrected chi connectivity index (χ1v) is 10.1. The fourth-order valence-corrected chi connectivity index (χ4v) is 3.27. The Morgan fingerprint density at radius 2 is 1.96 bits per heavy atom. The van der Waals surface area contributed by atoms with Crippen LogP contribution in [0.15, 0.2) is 59.0 Å². The van der Waals surface area contributed by atoms with E-state index in [1.165, 1.54) is 11.1 Å². The van der Waals surface area contributed by atoms with Crippen molar-refractivity contribution in [1.29, 1.82) is 0 Å². The summed E-state index contributed by atoms with van der Waals surface area (Å²) in [5.41, 5.74) is 3.40. The molecular formula is C21H24N4O2S. The van der Waals surface area contributed by atoms with Gasteiger partial charge in [0.2, 0.25) is 5.16 Å². The Bertz CT molecular complexity index is 922. The van der Waals surface area contributed by atoms with Crippen LogP contribution in [0.5, 0.6) is 11.5 Å². The van der Waals surface area contributed by atoms with E-state index in [0.717, 1.165) is 28.6 Å². The molecule has 0 fully saturated rings. The molecule has 28 heavy (non-hydrogen) atoms. The third-order valence-electron chi connectivity index (χ3n) is 3.97. The van der Waals surface area contributed by atoms with Crippen molar-refractivity contribution in [3.63, 3.8) is 0 Å². The Morgan fingerprint density at radius 3 is 2.71 bits per heavy atom. The summed E-state index contributed by atoms with van der Waals surface area (Å²) < 4.78 is 12.8. The smallest absolute Gasteiger partial charge is 0.212 e. The van der Waals surface area contributed by atoms with Crippen LogP contribution in [0.1, 0.15) is 30.0 Å². The molecule has 3 rings (SSSR count). The largest absolute Gasteiger partial charge is 0.493 e. The summed E-state index contributed by atoms with van der Waals surface area (Å²) in [6.07, 6.45) is 4.30. The van der Waals surface area contributed by atoms with E-state index in [2.05, 4.69) is 53.4 Å². The van der Waals surface area contributed by atoms with E-state index in [9.17, 15) is 0 Å². The van der Waals surface area contributed by atoms with Gasteiger partial charge in [0.15, 0.2) is 11.5 Å². The Morgan fingerprint density at radius 1 is 1.14 bits per heavy atom. The SMILES string of the molecule is CCCOc1ccc(/C=N/n2cnnc2SCc2ccc(C)cc2)cc1OC. The van der Waals surface area contributed by atoms with Crippen molar-refractivity contribution >= 4 is 18.0 Å². The molecule has 0 N–H and O–H groups in total. The maximum atomic E-state index is 5.68. The van der Waals surface area contributed by atoms with E-state index < -0.39 is 0 Å². The first-order valence-electron chi connectivity index (χ1n) is 9.13. The Kier molecular flexibility index (Phi) is 7.08. The first-order chi connectivity index (χ1) is 13.7. The minimum absolute atomic E-state index is 0.659. The molecule has 0 unspecified atom stereocenters. The average molecular weight is 397 g/mol. The lowest BCUT2D eigenvalue weighted by atomic mass is 10.2. The molecule has 0 saturated heterocycles. The van der Waals surface area contributed by atoms with Gasteiger partial charge in [-0.1, -0.05) is 48.5 Å².